The first-order valence-electron chi connectivity index (χ1n) is 8.65. The van der Waals surface area contributed by atoms with E-state index in [-0.39, 0.29) is 30.3 Å². The van der Waals surface area contributed by atoms with Crippen molar-refractivity contribution in [3.63, 3.8) is 0 Å². The van der Waals surface area contributed by atoms with Gasteiger partial charge in [-0.1, -0.05) is 0 Å². The lowest BCUT2D eigenvalue weighted by molar-refractivity contribution is -0.115. The summed E-state index contributed by atoms with van der Waals surface area (Å²) < 4.78 is 0. The van der Waals surface area contributed by atoms with Crippen LogP contribution in [0, 0.1) is 5.92 Å². The third-order valence-electron chi connectivity index (χ3n) is 5.04. The third kappa shape index (κ3) is 3.99. The molecule has 1 unspecified atom stereocenters. The normalized spacial score (nSPS) is 20.1. The maximum atomic E-state index is 12.6. The molecule has 2 aliphatic heterocycles. The van der Waals surface area contributed by atoms with Gasteiger partial charge in [-0.3, -0.25) is 14.4 Å². The van der Waals surface area contributed by atoms with Crippen molar-refractivity contribution < 1.29 is 14.4 Å². The summed E-state index contributed by atoms with van der Waals surface area (Å²) in [4.78, 5) is 38.4. The highest BCUT2D eigenvalue weighted by molar-refractivity contribution is 6.09. The molecular formula is C18H24N4O3. The van der Waals surface area contributed by atoms with Gasteiger partial charge in [0.25, 0.3) is 11.8 Å². The fourth-order valence-electron chi connectivity index (χ4n) is 3.37. The van der Waals surface area contributed by atoms with E-state index in [1.54, 1.807) is 18.2 Å². The van der Waals surface area contributed by atoms with Gasteiger partial charge >= 0.3 is 0 Å². The van der Waals surface area contributed by atoms with Gasteiger partial charge in [0, 0.05) is 11.6 Å². The number of anilines is 1. The van der Waals surface area contributed by atoms with Crippen LogP contribution in [0.15, 0.2) is 18.2 Å². The average molecular weight is 344 g/mol. The molecule has 7 nitrogen and oxygen atoms in total. The quantitative estimate of drug-likeness (QED) is 0.757. The molecule has 1 saturated heterocycles. The molecule has 3 rings (SSSR count). The highest BCUT2D eigenvalue weighted by atomic mass is 16.2. The topological polar surface area (TPSA) is 90.5 Å². The van der Waals surface area contributed by atoms with Crippen LogP contribution in [0.25, 0.3) is 0 Å². The Morgan fingerprint density at radius 3 is 2.72 bits per heavy atom. The van der Waals surface area contributed by atoms with E-state index in [4.69, 9.17) is 0 Å². The monoisotopic (exact) mass is 344 g/mol. The van der Waals surface area contributed by atoms with Crippen LogP contribution in [-0.4, -0.2) is 55.3 Å². The molecule has 0 bridgehead atoms. The fourth-order valence-corrected chi connectivity index (χ4v) is 3.37. The second-order valence-corrected chi connectivity index (χ2v) is 6.89. The average Bonchev–Trinajstić information content (AvgIpc) is 2.73. The molecule has 1 fully saturated rings. The molecule has 1 atom stereocenters. The Hall–Kier alpha value is -2.41. The van der Waals surface area contributed by atoms with Crippen molar-refractivity contribution in [2.24, 2.45) is 5.92 Å². The molecule has 0 spiro atoms. The number of likely N-dealkylation sites (tertiary alicyclic amines) is 1. The van der Waals surface area contributed by atoms with Gasteiger partial charge < -0.3 is 20.9 Å². The second kappa shape index (κ2) is 7.23. The number of piperidine rings is 1. The molecule has 3 amide bonds. The molecule has 134 valence electrons. The number of nitrogens with one attached hydrogen (secondary N) is 3. The smallest absolute Gasteiger partial charge is 0.253 e. The lowest BCUT2D eigenvalue weighted by Gasteiger charge is -2.33. The number of carbonyl (C=O) groups excluding carboxylic acids is 3. The lowest BCUT2D eigenvalue weighted by atomic mass is 9.90. The van der Waals surface area contributed by atoms with E-state index in [1.807, 2.05) is 6.92 Å². The molecule has 3 N–H and O–H groups in total. The number of amides is 3. The van der Waals surface area contributed by atoms with Gasteiger partial charge in [0.1, 0.15) is 0 Å². The molecule has 0 radical (unpaired) electrons. The van der Waals surface area contributed by atoms with Crippen LogP contribution in [-0.2, 0) is 4.79 Å². The van der Waals surface area contributed by atoms with Gasteiger partial charge in [0.15, 0.2) is 0 Å². The van der Waals surface area contributed by atoms with E-state index in [0.29, 0.717) is 22.7 Å². The van der Waals surface area contributed by atoms with E-state index < -0.39 is 0 Å². The third-order valence-corrected chi connectivity index (χ3v) is 5.04. The van der Waals surface area contributed by atoms with E-state index in [9.17, 15) is 14.4 Å². The van der Waals surface area contributed by atoms with Crippen molar-refractivity contribution in [3.8, 4) is 0 Å². The second-order valence-electron chi connectivity index (χ2n) is 6.89. The molecule has 7 heteroatoms. The number of nitrogens with zero attached hydrogens (tertiary/aromatic N) is 1. The molecule has 0 aliphatic carbocycles. The predicted octanol–water partition coefficient (Wildman–Crippen LogP) is 0.829. The van der Waals surface area contributed by atoms with Crippen LogP contribution in [0.5, 0.6) is 0 Å². The Balaban J connectivity index is 1.70. The Kier molecular flexibility index (Phi) is 5.03. The van der Waals surface area contributed by atoms with Crippen LogP contribution in [0.3, 0.4) is 0 Å². The first kappa shape index (κ1) is 17.4. The molecule has 0 aromatic heterocycles. The number of carbonyl (C=O) groups is 3. The standard InChI is InChI=1S/C18H24N4O3/c1-11(12-5-7-22(2)8-6-12)20-17(24)13-3-4-14-15(9-13)21-16(23)10-19-18(14)25/h3-4,9,11-12H,5-8,10H2,1-2H3,(H,19,25)(H,20,24)(H,21,23). The molecule has 0 saturated carbocycles. The highest BCUT2D eigenvalue weighted by Crippen LogP contribution is 2.22. The largest absolute Gasteiger partial charge is 0.349 e. The highest BCUT2D eigenvalue weighted by Gasteiger charge is 2.25. The zero-order chi connectivity index (χ0) is 18.0. The van der Waals surface area contributed by atoms with E-state index >= 15 is 0 Å². The van der Waals surface area contributed by atoms with E-state index in [0.717, 1.165) is 25.9 Å². The summed E-state index contributed by atoms with van der Waals surface area (Å²) in [6.45, 7) is 4.06. The Bertz CT molecular complexity index is 696. The minimum atomic E-state index is -0.319. The summed E-state index contributed by atoms with van der Waals surface area (Å²) in [6.07, 6.45) is 2.14. The summed E-state index contributed by atoms with van der Waals surface area (Å²) in [7, 11) is 2.11. The lowest BCUT2D eigenvalue weighted by Crippen LogP contribution is -2.43. The molecule has 1 aromatic carbocycles. The fraction of sp³-hybridized carbons (Fsp3) is 0.500. The number of benzene rings is 1. The van der Waals surface area contributed by atoms with Crippen molar-refractivity contribution in [3.05, 3.63) is 29.3 Å². The minimum absolute atomic E-state index is 0.0673. The SMILES string of the molecule is CC(NC(=O)c1ccc2c(c1)NC(=O)CNC2=O)C1CCN(C)CC1. The van der Waals surface area contributed by atoms with E-state index in [1.165, 1.54) is 0 Å². The maximum Gasteiger partial charge on any atom is 0.253 e. The first-order chi connectivity index (χ1) is 11.9. The Labute approximate surface area is 147 Å². The van der Waals surface area contributed by atoms with Gasteiger partial charge in [0.05, 0.1) is 17.8 Å². The summed E-state index contributed by atoms with van der Waals surface area (Å²) in [5, 5.41) is 8.24. The number of fused-ring (bicyclic) bond motifs is 1. The van der Waals surface area contributed by atoms with Crippen molar-refractivity contribution in [2.75, 3.05) is 32.0 Å². The summed E-state index contributed by atoms with van der Waals surface area (Å²) in [6, 6.07) is 4.84. The van der Waals surface area contributed by atoms with Crippen LogP contribution in [0.2, 0.25) is 0 Å². The molecular weight excluding hydrogens is 320 g/mol. The number of hydrogen-bond acceptors (Lipinski definition) is 4. The van der Waals surface area contributed by atoms with Crippen molar-refractivity contribution in [1.82, 2.24) is 15.5 Å². The molecule has 2 aliphatic rings. The van der Waals surface area contributed by atoms with Gasteiger partial charge in [0.2, 0.25) is 5.91 Å². The summed E-state index contributed by atoms with van der Waals surface area (Å²) in [5.74, 6) is -0.344. The van der Waals surface area contributed by atoms with Crippen LogP contribution >= 0.6 is 0 Å². The zero-order valence-corrected chi connectivity index (χ0v) is 14.6. The minimum Gasteiger partial charge on any atom is -0.349 e. The van der Waals surface area contributed by atoms with Crippen LogP contribution < -0.4 is 16.0 Å². The number of hydrogen-bond donors (Lipinski definition) is 3. The van der Waals surface area contributed by atoms with Gasteiger partial charge in [-0.05, 0) is 64.0 Å². The molecule has 1 aromatic rings. The van der Waals surface area contributed by atoms with Gasteiger partial charge in [-0.25, -0.2) is 0 Å². The summed E-state index contributed by atoms with van der Waals surface area (Å²) in [5.41, 5.74) is 1.18. The van der Waals surface area contributed by atoms with Gasteiger partial charge in [-0.15, -0.1) is 0 Å². The summed E-state index contributed by atoms with van der Waals surface area (Å²) >= 11 is 0. The Morgan fingerprint density at radius 2 is 2.00 bits per heavy atom. The predicted molar refractivity (Wildman–Crippen MR) is 94.6 cm³/mol. The van der Waals surface area contributed by atoms with Crippen LogP contribution in [0.1, 0.15) is 40.5 Å². The van der Waals surface area contributed by atoms with E-state index in [2.05, 4.69) is 27.9 Å². The van der Waals surface area contributed by atoms with Crippen molar-refractivity contribution in [1.29, 1.82) is 0 Å². The maximum absolute atomic E-state index is 12.6. The van der Waals surface area contributed by atoms with Crippen molar-refractivity contribution >= 4 is 23.4 Å². The number of rotatable bonds is 3. The van der Waals surface area contributed by atoms with Gasteiger partial charge in [-0.2, -0.15) is 0 Å². The Morgan fingerprint density at radius 1 is 1.28 bits per heavy atom. The van der Waals surface area contributed by atoms with Crippen molar-refractivity contribution in [2.45, 2.75) is 25.8 Å². The molecule has 2 heterocycles. The molecule has 25 heavy (non-hydrogen) atoms. The van der Waals surface area contributed by atoms with Crippen LogP contribution in [0.4, 0.5) is 5.69 Å². The zero-order valence-electron chi connectivity index (χ0n) is 14.6. The first-order valence-corrected chi connectivity index (χ1v) is 8.65.